The molecule has 0 amide bonds. The van der Waals surface area contributed by atoms with Crippen LogP contribution in [0.25, 0.3) is 11.0 Å². The Kier molecular flexibility index (Phi) is 3.94. The summed E-state index contributed by atoms with van der Waals surface area (Å²) in [5.41, 5.74) is 0.628. The van der Waals surface area contributed by atoms with Crippen LogP contribution in [0.4, 0.5) is 0 Å². The van der Waals surface area contributed by atoms with E-state index in [1.165, 1.54) is 6.26 Å². The second-order valence-electron chi connectivity index (χ2n) is 4.71. The largest absolute Gasteiger partial charge is 0.465 e. The third kappa shape index (κ3) is 2.87. The van der Waals surface area contributed by atoms with Crippen LogP contribution in [-0.4, -0.2) is 8.42 Å². The number of hydrogen-bond acceptors (Lipinski definition) is 3. The fraction of sp³-hybridized carbons (Fsp3) is 0. The minimum atomic E-state index is -3.63. The number of sulfone groups is 1. The molecule has 3 aromatic rings. The minimum Gasteiger partial charge on any atom is -0.465 e. The Morgan fingerprint density at radius 1 is 0.818 bits per heavy atom. The molecule has 0 saturated heterocycles. The first-order valence-electron chi connectivity index (χ1n) is 6.79. The van der Waals surface area contributed by atoms with Crippen molar-refractivity contribution in [2.45, 2.75) is 4.90 Å². The van der Waals surface area contributed by atoms with Gasteiger partial charge in [-0.05, 0) is 29.8 Å². The number of furan rings is 1. The van der Waals surface area contributed by atoms with Crippen molar-refractivity contribution in [3.63, 3.8) is 0 Å². The highest BCUT2D eigenvalue weighted by atomic mass is 32.2. The Morgan fingerprint density at radius 2 is 1.45 bits per heavy atom. The van der Waals surface area contributed by atoms with Crippen molar-refractivity contribution in [2.75, 3.05) is 0 Å². The molecule has 0 fully saturated rings. The molecule has 22 heavy (non-hydrogen) atoms. The summed E-state index contributed by atoms with van der Waals surface area (Å²) in [6.07, 6.45) is 3.07. The van der Waals surface area contributed by atoms with Gasteiger partial charge in [0.2, 0.25) is 9.84 Å². The summed E-state index contributed by atoms with van der Waals surface area (Å²) in [5.74, 6) is 0.498. The van der Waals surface area contributed by atoms with Crippen LogP contribution in [0.1, 0.15) is 11.3 Å². The van der Waals surface area contributed by atoms with Crippen molar-refractivity contribution < 1.29 is 12.8 Å². The molecule has 110 valence electrons. The summed E-state index contributed by atoms with van der Waals surface area (Å²) in [6, 6.07) is 20.9. The Hall–Kier alpha value is -2.59. The molecular formula is C18H14O3S. The average molecular weight is 310 g/mol. The molecule has 0 aliphatic heterocycles. The van der Waals surface area contributed by atoms with Gasteiger partial charge in [0.25, 0.3) is 0 Å². The molecule has 4 heteroatoms. The first-order chi connectivity index (χ1) is 10.7. The predicted molar refractivity (Wildman–Crippen MR) is 86.6 cm³/mol. The van der Waals surface area contributed by atoms with Crippen LogP contribution < -0.4 is 0 Å². The number of rotatable bonds is 4. The predicted octanol–water partition coefficient (Wildman–Crippen LogP) is 4.25. The molecule has 3 nitrogen and oxygen atoms in total. The molecule has 1 heterocycles. The smallest absolute Gasteiger partial charge is 0.207 e. The highest BCUT2D eigenvalue weighted by Crippen LogP contribution is 2.29. The zero-order valence-corrected chi connectivity index (χ0v) is 12.5. The van der Waals surface area contributed by atoms with Crippen LogP contribution in [0.15, 0.2) is 88.4 Å². The van der Waals surface area contributed by atoms with E-state index in [9.17, 15) is 8.42 Å². The van der Waals surface area contributed by atoms with Crippen molar-refractivity contribution >= 4 is 20.8 Å². The average Bonchev–Trinajstić information content (AvgIpc) is 3.07. The summed E-state index contributed by atoms with van der Waals surface area (Å²) in [6.45, 7) is 0. The summed E-state index contributed by atoms with van der Waals surface area (Å²) in [5, 5.41) is 0. The van der Waals surface area contributed by atoms with Gasteiger partial charge in [0.15, 0.2) is 0 Å². The van der Waals surface area contributed by atoms with Gasteiger partial charge in [0.05, 0.1) is 16.1 Å². The SMILES string of the molecule is O=S(=O)(/C(=C/c1ccco1)c1ccccc1)c1ccccc1. The highest BCUT2D eigenvalue weighted by Gasteiger charge is 2.22. The van der Waals surface area contributed by atoms with Gasteiger partial charge in [-0.25, -0.2) is 8.42 Å². The lowest BCUT2D eigenvalue weighted by Gasteiger charge is -2.09. The number of benzene rings is 2. The fourth-order valence-corrected chi connectivity index (χ4v) is 3.63. The van der Waals surface area contributed by atoms with Gasteiger partial charge in [0, 0.05) is 6.08 Å². The maximum atomic E-state index is 12.9. The van der Waals surface area contributed by atoms with Gasteiger partial charge in [-0.1, -0.05) is 48.5 Å². The lowest BCUT2D eigenvalue weighted by molar-refractivity contribution is 0.557. The maximum absolute atomic E-state index is 12.9. The third-order valence-electron chi connectivity index (χ3n) is 3.22. The summed E-state index contributed by atoms with van der Waals surface area (Å²) in [7, 11) is -3.63. The van der Waals surface area contributed by atoms with E-state index in [-0.39, 0.29) is 9.80 Å². The third-order valence-corrected chi connectivity index (χ3v) is 5.04. The van der Waals surface area contributed by atoms with Gasteiger partial charge < -0.3 is 4.42 Å². The van der Waals surface area contributed by atoms with Crippen LogP contribution in [-0.2, 0) is 9.84 Å². The van der Waals surface area contributed by atoms with E-state index in [2.05, 4.69) is 0 Å². The van der Waals surface area contributed by atoms with Crippen LogP contribution in [0.3, 0.4) is 0 Å². The quantitative estimate of drug-likeness (QED) is 0.723. The van der Waals surface area contributed by atoms with Gasteiger partial charge >= 0.3 is 0 Å². The molecular weight excluding hydrogens is 296 g/mol. The maximum Gasteiger partial charge on any atom is 0.207 e. The molecule has 0 atom stereocenters. The minimum absolute atomic E-state index is 0.217. The van der Waals surface area contributed by atoms with Crippen LogP contribution in [0.2, 0.25) is 0 Å². The first-order valence-corrected chi connectivity index (χ1v) is 8.27. The van der Waals surface area contributed by atoms with E-state index >= 15 is 0 Å². The Labute approximate surface area is 129 Å². The standard InChI is InChI=1S/C18H14O3S/c19-22(20,17-11-5-2-6-12-17)18(14-16-10-7-13-21-16)15-8-3-1-4-9-15/h1-14H/b18-14+. The molecule has 2 aromatic carbocycles. The van der Waals surface area contributed by atoms with E-state index < -0.39 is 9.84 Å². The second-order valence-corrected chi connectivity index (χ2v) is 6.62. The Balaban J connectivity index is 2.19. The zero-order chi connectivity index (χ0) is 15.4. The van der Waals surface area contributed by atoms with Crippen LogP contribution >= 0.6 is 0 Å². The van der Waals surface area contributed by atoms with Gasteiger partial charge in [-0.2, -0.15) is 0 Å². The summed E-state index contributed by atoms with van der Waals surface area (Å²) >= 11 is 0. The monoisotopic (exact) mass is 310 g/mol. The van der Waals surface area contributed by atoms with Crippen molar-refractivity contribution in [1.82, 2.24) is 0 Å². The highest BCUT2D eigenvalue weighted by molar-refractivity contribution is 8.00. The molecule has 0 saturated carbocycles. The molecule has 1 aromatic heterocycles. The van der Waals surface area contributed by atoms with Gasteiger partial charge in [0.1, 0.15) is 5.76 Å². The van der Waals surface area contributed by atoms with E-state index in [4.69, 9.17) is 4.42 Å². The van der Waals surface area contributed by atoms with Crippen molar-refractivity contribution in [3.8, 4) is 0 Å². The normalized spacial score (nSPS) is 12.3. The molecule has 0 N–H and O–H groups in total. The zero-order valence-electron chi connectivity index (χ0n) is 11.7. The molecule has 0 aliphatic carbocycles. The van der Waals surface area contributed by atoms with Gasteiger partial charge in [-0.15, -0.1) is 0 Å². The first kappa shape index (κ1) is 14.4. The van der Waals surface area contributed by atoms with E-state index in [1.807, 2.05) is 18.2 Å². The van der Waals surface area contributed by atoms with E-state index in [0.717, 1.165) is 0 Å². The Bertz CT molecular complexity index is 863. The summed E-state index contributed by atoms with van der Waals surface area (Å²) < 4.78 is 31.2. The molecule has 0 bridgehead atoms. The Morgan fingerprint density at radius 3 is 2.05 bits per heavy atom. The molecule has 0 unspecified atom stereocenters. The van der Waals surface area contributed by atoms with Gasteiger partial charge in [-0.3, -0.25) is 0 Å². The van der Waals surface area contributed by atoms with Crippen LogP contribution in [0.5, 0.6) is 0 Å². The van der Waals surface area contributed by atoms with E-state index in [1.54, 1.807) is 60.7 Å². The second kappa shape index (κ2) is 6.03. The molecule has 0 aliphatic rings. The summed E-state index contributed by atoms with van der Waals surface area (Å²) in [4.78, 5) is 0.478. The molecule has 0 spiro atoms. The fourth-order valence-electron chi connectivity index (χ4n) is 2.15. The lowest BCUT2D eigenvalue weighted by Crippen LogP contribution is -2.04. The van der Waals surface area contributed by atoms with Crippen molar-refractivity contribution in [2.24, 2.45) is 0 Å². The topological polar surface area (TPSA) is 47.3 Å². The number of hydrogen-bond donors (Lipinski definition) is 0. The van der Waals surface area contributed by atoms with Crippen LogP contribution in [0, 0.1) is 0 Å². The van der Waals surface area contributed by atoms with Crippen molar-refractivity contribution in [1.29, 1.82) is 0 Å². The molecule has 3 rings (SSSR count). The lowest BCUT2D eigenvalue weighted by atomic mass is 10.2. The van der Waals surface area contributed by atoms with E-state index in [0.29, 0.717) is 11.3 Å². The van der Waals surface area contributed by atoms with Crippen molar-refractivity contribution in [3.05, 3.63) is 90.4 Å². The molecule has 0 radical (unpaired) electrons.